The molecule has 7 heteroatoms. The average molecular weight is 254 g/mol. The van der Waals surface area contributed by atoms with Crippen LogP contribution in [-0.4, -0.2) is 51.9 Å². The first kappa shape index (κ1) is 13.0. The molecule has 1 fully saturated rings. The maximum atomic E-state index is 10.6. The highest BCUT2D eigenvalue weighted by Crippen LogP contribution is 2.15. The molecule has 2 rings (SSSR count). The van der Waals surface area contributed by atoms with E-state index >= 15 is 0 Å². The summed E-state index contributed by atoms with van der Waals surface area (Å²) >= 11 is 0. The molecule has 0 aromatic carbocycles. The molecule has 2 unspecified atom stereocenters. The van der Waals surface area contributed by atoms with Crippen LogP contribution in [0.1, 0.15) is 23.8 Å². The quantitative estimate of drug-likeness (QED) is 0.742. The maximum Gasteiger partial charge on any atom is 0.358 e. The largest absolute Gasteiger partial charge is 0.476 e. The Kier molecular flexibility index (Phi) is 4.27. The Morgan fingerprint density at radius 3 is 3.22 bits per heavy atom. The lowest BCUT2D eigenvalue weighted by atomic mass is 10.0. The van der Waals surface area contributed by atoms with Crippen LogP contribution in [0.2, 0.25) is 0 Å². The van der Waals surface area contributed by atoms with Crippen molar-refractivity contribution in [2.75, 3.05) is 19.8 Å². The molecule has 1 aromatic heterocycles. The molecule has 2 atom stereocenters. The van der Waals surface area contributed by atoms with Crippen molar-refractivity contribution in [3.8, 4) is 0 Å². The molecule has 0 bridgehead atoms. The molecule has 0 spiro atoms. The first-order valence-corrected chi connectivity index (χ1v) is 6.11. The Bertz CT molecular complexity index is 401. The number of carboxylic acid groups (broad SMARTS) is 1. The number of nitrogens with one attached hydrogen (secondary N) is 1. The van der Waals surface area contributed by atoms with E-state index in [9.17, 15) is 4.79 Å². The van der Waals surface area contributed by atoms with Gasteiger partial charge < -0.3 is 15.2 Å². The number of nitrogens with zero attached hydrogens (tertiary/aromatic N) is 3. The van der Waals surface area contributed by atoms with Gasteiger partial charge in [-0.05, 0) is 19.3 Å². The predicted molar refractivity (Wildman–Crippen MR) is 63.4 cm³/mol. The molecule has 1 aromatic rings. The van der Waals surface area contributed by atoms with Crippen LogP contribution in [0.5, 0.6) is 0 Å². The van der Waals surface area contributed by atoms with E-state index in [0.29, 0.717) is 18.5 Å². The first-order chi connectivity index (χ1) is 8.66. The molecule has 0 amide bonds. The number of hydrogen-bond acceptors (Lipinski definition) is 5. The van der Waals surface area contributed by atoms with E-state index in [1.54, 1.807) is 0 Å². The van der Waals surface area contributed by atoms with E-state index in [0.717, 1.165) is 26.2 Å². The summed E-state index contributed by atoms with van der Waals surface area (Å²) in [5.41, 5.74) is -0.0211. The lowest BCUT2D eigenvalue weighted by molar-refractivity contribution is 0.0690. The third-order valence-electron chi connectivity index (χ3n) is 3.24. The molecule has 1 saturated heterocycles. The van der Waals surface area contributed by atoms with E-state index in [-0.39, 0.29) is 5.69 Å². The zero-order valence-electron chi connectivity index (χ0n) is 10.4. The van der Waals surface area contributed by atoms with Crippen molar-refractivity contribution in [2.24, 2.45) is 5.92 Å². The second-order valence-corrected chi connectivity index (χ2v) is 4.54. The lowest BCUT2D eigenvalue weighted by Crippen LogP contribution is -2.35. The lowest BCUT2D eigenvalue weighted by Gasteiger charge is -2.18. The van der Waals surface area contributed by atoms with Gasteiger partial charge in [-0.15, -0.1) is 5.10 Å². The third-order valence-corrected chi connectivity index (χ3v) is 3.24. The molecule has 2 heterocycles. The van der Waals surface area contributed by atoms with Gasteiger partial charge in [-0.25, -0.2) is 4.79 Å². The van der Waals surface area contributed by atoms with Crippen LogP contribution in [0.4, 0.5) is 0 Å². The average Bonchev–Trinajstić information content (AvgIpc) is 3.00. The van der Waals surface area contributed by atoms with Crippen LogP contribution in [-0.2, 0) is 11.3 Å². The summed E-state index contributed by atoms with van der Waals surface area (Å²) in [6.45, 7) is 5.16. The third kappa shape index (κ3) is 3.27. The number of carbonyl (C=O) groups is 1. The summed E-state index contributed by atoms with van der Waals surface area (Å²) < 4.78 is 6.88. The number of aromatic carboxylic acids is 1. The Morgan fingerprint density at radius 2 is 2.61 bits per heavy atom. The SMILES string of the molecule is CC(NCCn1cc(C(=O)O)nn1)C1CCOC1. The second-order valence-electron chi connectivity index (χ2n) is 4.54. The molecule has 7 nitrogen and oxygen atoms in total. The zero-order valence-corrected chi connectivity index (χ0v) is 10.4. The minimum atomic E-state index is -1.05. The first-order valence-electron chi connectivity index (χ1n) is 6.11. The highest BCUT2D eigenvalue weighted by molar-refractivity contribution is 5.84. The Labute approximate surface area is 105 Å². The Hall–Kier alpha value is -1.47. The van der Waals surface area contributed by atoms with E-state index in [1.165, 1.54) is 10.9 Å². The van der Waals surface area contributed by atoms with Crippen molar-refractivity contribution >= 4 is 5.97 Å². The van der Waals surface area contributed by atoms with Gasteiger partial charge in [0.25, 0.3) is 0 Å². The van der Waals surface area contributed by atoms with Crippen LogP contribution < -0.4 is 5.32 Å². The van der Waals surface area contributed by atoms with Crippen LogP contribution in [0.25, 0.3) is 0 Å². The van der Waals surface area contributed by atoms with Gasteiger partial charge in [0.05, 0.1) is 19.3 Å². The van der Waals surface area contributed by atoms with Crippen molar-refractivity contribution < 1.29 is 14.6 Å². The number of rotatable bonds is 6. The van der Waals surface area contributed by atoms with Crippen molar-refractivity contribution in [3.63, 3.8) is 0 Å². The number of ether oxygens (including phenoxy) is 1. The molecule has 0 radical (unpaired) electrons. The van der Waals surface area contributed by atoms with E-state index in [1.807, 2.05) is 0 Å². The molecule has 0 aliphatic carbocycles. The zero-order chi connectivity index (χ0) is 13.0. The fourth-order valence-electron chi connectivity index (χ4n) is 2.03. The number of aromatic nitrogens is 3. The normalized spacial score (nSPS) is 21.1. The standard InChI is InChI=1S/C11H18N4O3/c1-8(9-2-5-18-7-9)12-3-4-15-6-10(11(16)17)13-14-15/h6,8-9,12H,2-5,7H2,1H3,(H,16,17). The van der Waals surface area contributed by atoms with Gasteiger partial charge in [0.1, 0.15) is 0 Å². The molecule has 2 N–H and O–H groups in total. The summed E-state index contributed by atoms with van der Waals surface area (Å²) in [4.78, 5) is 10.6. The topological polar surface area (TPSA) is 89.3 Å². The van der Waals surface area contributed by atoms with Gasteiger partial charge in [-0.2, -0.15) is 0 Å². The Balaban J connectivity index is 1.72. The molecule has 1 aliphatic heterocycles. The van der Waals surface area contributed by atoms with E-state index in [4.69, 9.17) is 9.84 Å². The highest BCUT2D eigenvalue weighted by atomic mass is 16.5. The summed E-state index contributed by atoms with van der Waals surface area (Å²) in [6, 6.07) is 0.398. The summed E-state index contributed by atoms with van der Waals surface area (Å²) in [6.07, 6.45) is 2.54. The predicted octanol–water partition coefficient (Wildman–Crippen LogP) is -0.00910. The smallest absolute Gasteiger partial charge is 0.358 e. The number of hydrogen-bond donors (Lipinski definition) is 2. The minimum Gasteiger partial charge on any atom is -0.476 e. The molecular weight excluding hydrogens is 236 g/mol. The van der Waals surface area contributed by atoms with Crippen molar-refractivity contribution in [3.05, 3.63) is 11.9 Å². The molecular formula is C11H18N4O3. The maximum absolute atomic E-state index is 10.6. The van der Waals surface area contributed by atoms with Crippen molar-refractivity contribution in [2.45, 2.75) is 25.9 Å². The van der Waals surface area contributed by atoms with Crippen molar-refractivity contribution in [1.82, 2.24) is 20.3 Å². The Morgan fingerprint density at radius 1 is 1.78 bits per heavy atom. The van der Waals surface area contributed by atoms with Crippen LogP contribution >= 0.6 is 0 Å². The summed E-state index contributed by atoms with van der Waals surface area (Å²) in [5, 5.41) is 19.4. The fraction of sp³-hybridized carbons (Fsp3) is 0.727. The fourth-order valence-corrected chi connectivity index (χ4v) is 2.03. The monoisotopic (exact) mass is 254 g/mol. The summed E-state index contributed by atoms with van der Waals surface area (Å²) in [5.74, 6) is -0.485. The van der Waals surface area contributed by atoms with Gasteiger partial charge in [0, 0.05) is 19.2 Å². The number of carboxylic acids is 1. The molecule has 0 saturated carbocycles. The van der Waals surface area contributed by atoms with Gasteiger partial charge in [0.2, 0.25) is 0 Å². The van der Waals surface area contributed by atoms with Gasteiger partial charge in [0.15, 0.2) is 5.69 Å². The molecule has 18 heavy (non-hydrogen) atoms. The van der Waals surface area contributed by atoms with E-state index < -0.39 is 5.97 Å². The molecule has 100 valence electrons. The van der Waals surface area contributed by atoms with E-state index in [2.05, 4.69) is 22.6 Å². The van der Waals surface area contributed by atoms with Crippen LogP contribution in [0, 0.1) is 5.92 Å². The van der Waals surface area contributed by atoms with Crippen LogP contribution in [0.3, 0.4) is 0 Å². The van der Waals surface area contributed by atoms with Crippen LogP contribution in [0.15, 0.2) is 6.20 Å². The van der Waals surface area contributed by atoms with Gasteiger partial charge in [-0.3, -0.25) is 4.68 Å². The highest BCUT2D eigenvalue weighted by Gasteiger charge is 2.21. The van der Waals surface area contributed by atoms with Gasteiger partial charge >= 0.3 is 5.97 Å². The summed E-state index contributed by atoms with van der Waals surface area (Å²) in [7, 11) is 0. The minimum absolute atomic E-state index is 0.0211. The molecule has 1 aliphatic rings. The second kappa shape index (κ2) is 5.92. The van der Waals surface area contributed by atoms with Gasteiger partial charge in [-0.1, -0.05) is 5.21 Å². The van der Waals surface area contributed by atoms with Crippen molar-refractivity contribution in [1.29, 1.82) is 0 Å².